The number of ether oxygens (including phenoxy) is 1. The van der Waals surface area contributed by atoms with Gasteiger partial charge in [0.05, 0.1) is 11.6 Å². The van der Waals surface area contributed by atoms with E-state index in [9.17, 15) is 5.11 Å². The molecule has 0 aliphatic carbocycles. The lowest BCUT2D eigenvalue weighted by atomic mass is 10.2. The van der Waals surface area contributed by atoms with Crippen LogP contribution in [0.4, 0.5) is 0 Å². The molecule has 0 saturated carbocycles. The summed E-state index contributed by atoms with van der Waals surface area (Å²) in [6.45, 7) is 4.98. The summed E-state index contributed by atoms with van der Waals surface area (Å²) < 4.78 is 5.03. The second-order valence-corrected chi connectivity index (χ2v) is 4.60. The largest absolute Gasteiger partial charge is 0.506 e. The van der Waals surface area contributed by atoms with E-state index in [2.05, 4.69) is 11.8 Å². The first kappa shape index (κ1) is 14.6. The number of phenols is 1. The normalized spacial score (nSPS) is 11.1. The molecule has 0 heterocycles. The highest BCUT2D eigenvalue weighted by Gasteiger charge is 2.11. The lowest BCUT2D eigenvalue weighted by molar-refractivity contribution is 0.147. The second kappa shape index (κ2) is 7.07. The van der Waals surface area contributed by atoms with E-state index in [4.69, 9.17) is 27.9 Å². The van der Waals surface area contributed by atoms with Gasteiger partial charge in [0, 0.05) is 30.8 Å². The first-order valence-corrected chi connectivity index (χ1v) is 6.22. The summed E-state index contributed by atoms with van der Waals surface area (Å²) in [6, 6.07) is 3.27. The van der Waals surface area contributed by atoms with Crippen molar-refractivity contribution in [3.05, 3.63) is 27.7 Å². The van der Waals surface area contributed by atoms with Crippen LogP contribution in [-0.2, 0) is 11.3 Å². The van der Waals surface area contributed by atoms with Crippen molar-refractivity contribution in [3.8, 4) is 5.75 Å². The zero-order valence-electron chi connectivity index (χ0n) is 10.0. The van der Waals surface area contributed by atoms with Crippen molar-refractivity contribution in [1.82, 2.24) is 4.90 Å². The predicted octanol–water partition coefficient (Wildman–Crippen LogP) is 3.17. The number of hydrogen-bond donors (Lipinski definition) is 1. The summed E-state index contributed by atoms with van der Waals surface area (Å²) in [4.78, 5) is 2.14. The fraction of sp³-hybridized carbons (Fsp3) is 0.500. The lowest BCUT2D eigenvalue weighted by Gasteiger charge is -2.20. The summed E-state index contributed by atoms with van der Waals surface area (Å²) >= 11 is 11.8. The van der Waals surface area contributed by atoms with Crippen LogP contribution < -0.4 is 0 Å². The van der Waals surface area contributed by atoms with E-state index in [1.165, 1.54) is 6.07 Å². The predicted molar refractivity (Wildman–Crippen MR) is 71.0 cm³/mol. The maximum absolute atomic E-state index is 9.84. The summed E-state index contributed by atoms with van der Waals surface area (Å²) in [6.07, 6.45) is 0. The fourth-order valence-electron chi connectivity index (χ4n) is 1.55. The Balaban J connectivity index is 2.78. The molecule has 0 bridgehead atoms. The van der Waals surface area contributed by atoms with Gasteiger partial charge in [-0.3, -0.25) is 4.90 Å². The van der Waals surface area contributed by atoms with Crippen molar-refractivity contribution in [2.24, 2.45) is 0 Å². The summed E-state index contributed by atoms with van der Waals surface area (Å²) in [7, 11) is 1.67. The number of hydrogen-bond acceptors (Lipinski definition) is 3. The quantitative estimate of drug-likeness (QED) is 0.867. The number of aromatic hydroxyl groups is 1. The third-order valence-electron chi connectivity index (χ3n) is 2.56. The SMILES string of the molecule is CCN(CCOC)Cc1cc(Cl)cc(Cl)c1O. The molecular formula is C12H17Cl2NO2. The summed E-state index contributed by atoms with van der Waals surface area (Å²) in [5, 5.41) is 10.7. The Morgan fingerprint density at radius 2 is 2.06 bits per heavy atom. The molecule has 1 aromatic rings. The molecule has 0 amide bonds. The van der Waals surface area contributed by atoms with E-state index in [-0.39, 0.29) is 10.8 Å². The van der Waals surface area contributed by atoms with E-state index in [0.29, 0.717) is 18.2 Å². The molecule has 0 aliphatic rings. The van der Waals surface area contributed by atoms with Gasteiger partial charge in [-0.1, -0.05) is 30.1 Å². The molecule has 0 radical (unpaired) electrons. The van der Waals surface area contributed by atoms with E-state index in [1.54, 1.807) is 13.2 Å². The second-order valence-electron chi connectivity index (χ2n) is 3.76. The van der Waals surface area contributed by atoms with Crippen molar-refractivity contribution in [2.45, 2.75) is 13.5 Å². The van der Waals surface area contributed by atoms with Crippen LogP contribution in [0, 0.1) is 0 Å². The molecule has 0 aliphatic heterocycles. The molecule has 96 valence electrons. The number of halogens is 2. The first-order chi connectivity index (χ1) is 8.08. The highest BCUT2D eigenvalue weighted by atomic mass is 35.5. The van der Waals surface area contributed by atoms with Gasteiger partial charge in [0.2, 0.25) is 0 Å². The van der Waals surface area contributed by atoms with Crippen LogP contribution >= 0.6 is 23.2 Å². The Morgan fingerprint density at radius 3 is 2.65 bits per heavy atom. The average Bonchev–Trinajstić information content (AvgIpc) is 2.30. The van der Waals surface area contributed by atoms with Crippen molar-refractivity contribution < 1.29 is 9.84 Å². The Labute approximate surface area is 112 Å². The molecular weight excluding hydrogens is 261 g/mol. The summed E-state index contributed by atoms with van der Waals surface area (Å²) in [5.41, 5.74) is 0.737. The van der Waals surface area contributed by atoms with Gasteiger partial charge in [-0.15, -0.1) is 0 Å². The third-order valence-corrected chi connectivity index (χ3v) is 3.07. The maximum Gasteiger partial charge on any atom is 0.138 e. The molecule has 17 heavy (non-hydrogen) atoms. The van der Waals surface area contributed by atoms with Gasteiger partial charge in [-0.25, -0.2) is 0 Å². The molecule has 0 aromatic heterocycles. The van der Waals surface area contributed by atoms with Gasteiger partial charge in [0.15, 0.2) is 0 Å². The molecule has 0 unspecified atom stereocenters. The van der Waals surface area contributed by atoms with Crippen molar-refractivity contribution >= 4 is 23.2 Å². The Kier molecular flexibility index (Phi) is 6.06. The molecule has 0 spiro atoms. The zero-order valence-corrected chi connectivity index (χ0v) is 11.6. The number of likely N-dealkylation sites (N-methyl/N-ethyl adjacent to an activating group) is 1. The van der Waals surface area contributed by atoms with Crippen LogP contribution in [0.15, 0.2) is 12.1 Å². The van der Waals surface area contributed by atoms with Crippen LogP contribution in [0.1, 0.15) is 12.5 Å². The number of nitrogens with zero attached hydrogens (tertiary/aromatic N) is 1. The molecule has 0 saturated heterocycles. The van der Waals surface area contributed by atoms with Crippen molar-refractivity contribution in [2.75, 3.05) is 26.8 Å². The topological polar surface area (TPSA) is 32.7 Å². The molecule has 1 N–H and O–H groups in total. The Hall–Kier alpha value is -0.480. The zero-order chi connectivity index (χ0) is 12.8. The van der Waals surface area contributed by atoms with Crippen molar-refractivity contribution in [1.29, 1.82) is 0 Å². The van der Waals surface area contributed by atoms with Crippen LogP contribution in [0.2, 0.25) is 10.0 Å². The number of benzene rings is 1. The minimum atomic E-state index is 0.104. The maximum atomic E-state index is 9.84. The molecule has 0 atom stereocenters. The van der Waals surface area contributed by atoms with E-state index in [0.717, 1.165) is 18.7 Å². The number of rotatable bonds is 6. The van der Waals surface area contributed by atoms with Gasteiger partial charge in [0.1, 0.15) is 5.75 Å². The highest BCUT2D eigenvalue weighted by Crippen LogP contribution is 2.31. The molecule has 1 rings (SSSR count). The third kappa shape index (κ3) is 4.36. The highest BCUT2D eigenvalue weighted by molar-refractivity contribution is 6.35. The van der Waals surface area contributed by atoms with Crippen LogP contribution in [0.3, 0.4) is 0 Å². The van der Waals surface area contributed by atoms with Crippen LogP contribution in [0.25, 0.3) is 0 Å². The molecule has 0 fully saturated rings. The van der Waals surface area contributed by atoms with Crippen LogP contribution in [0.5, 0.6) is 5.75 Å². The minimum Gasteiger partial charge on any atom is -0.506 e. The van der Waals surface area contributed by atoms with Crippen LogP contribution in [-0.4, -0.2) is 36.8 Å². The van der Waals surface area contributed by atoms with E-state index < -0.39 is 0 Å². The number of methoxy groups -OCH3 is 1. The van der Waals surface area contributed by atoms with Gasteiger partial charge >= 0.3 is 0 Å². The van der Waals surface area contributed by atoms with Gasteiger partial charge in [-0.05, 0) is 18.7 Å². The number of phenolic OH excluding ortho intramolecular Hbond substituents is 1. The van der Waals surface area contributed by atoms with E-state index >= 15 is 0 Å². The molecule has 5 heteroatoms. The van der Waals surface area contributed by atoms with Gasteiger partial charge in [-0.2, -0.15) is 0 Å². The molecule has 3 nitrogen and oxygen atoms in total. The smallest absolute Gasteiger partial charge is 0.138 e. The van der Waals surface area contributed by atoms with Gasteiger partial charge in [0.25, 0.3) is 0 Å². The molecule has 1 aromatic carbocycles. The minimum absolute atomic E-state index is 0.104. The first-order valence-electron chi connectivity index (χ1n) is 5.46. The van der Waals surface area contributed by atoms with Crippen molar-refractivity contribution in [3.63, 3.8) is 0 Å². The summed E-state index contributed by atoms with van der Waals surface area (Å²) in [5.74, 6) is 0.104. The van der Waals surface area contributed by atoms with E-state index in [1.807, 2.05) is 0 Å². The monoisotopic (exact) mass is 277 g/mol. The van der Waals surface area contributed by atoms with Gasteiger partial charge < -0.3 is 9.84 Å². The lowest BCUT2D eigenvalue weighted by Crippen LogP contribution is -2.26. The standard InChI is InChI=1S/C12H17Cl2NO2/c1-3-15(4-5-17-2)8-9-6-10(13)7-11(14)12(9)16/h6-7,16H,3-5,8H2,1-2H3. The average molecular weight is 278 g/mol. The Bertz CT molecular complexity index is 372. The Morgan fingerprint density at radius 1 is 1.35 bits per heavy atom. The fourth-order valence-corrected chi connectivity index (χ4v) is 2.09.